The van der Waals surface area contributed by atoms with Gasteiger partial charge in [0.2, 0.25) is 0 Å². The van der Waals surface area contributed by atoms with Crippen molar-refractivity contribution >= 4 is 5.91 Å². The van der Waals surface area contributed by atoms with Crippen LogP contribution in [0, 0.1) is 0 Å². The molecule has 2 atom stereocenters. The maximum absolute atomic E-state index is 13.2. The molecule has 136 valence electrons. The van der Waals surface area contributed by atoms with E-state index < -0.39 is 0 Å². The minimum absolute atomic E-state index is 0.0110. The molecule has 2 fully saturated rings. The zero-order chi connectivity index (χ0) is 17.8. The molecule has 0 unspecified atom stereocenters. The molecule has 2 saturated heterocycles. The second-order valence-electron chi connectivity index (χ2n) is 7.14. The van der Waals surface area contributed by atoms with Gasteiger partial charge in [-0.25, -0.2) is 0 Å². The minimum atomic E-state index is -0.0433. The van der Waals surface area contributed by atoms with Crippen LogP contribution < -0.4 is 0 Å². The van der Waals surface area contributed by atoms with Gasteiger partial charge in [0.25, 0.3) is 5.91 Å². The third-order valence-corrected chi connectivity index (χ3v) is 5.41. The van der Waals surface area contributed by atoms with Gasteiger partial charge in [0.05, 0.1) is 18.8 Å². The third kappa shape index (κ3) is 3.67. The van der Waals surface area contributed by atoms with Crippen LogP contribution in [0.4, 0.5) is 0 Å². The standard InChI is InChI=1S/C22H26N2O2/c25-22(19-11-5-2-6-12-19)24-15-16-26-20(17-23-13-7-8-14-23)21(24)18-9-3-1-4-10-18/h1-6,9-12,20-21H,7-8,13-17H2/t20-,21-/m0/s1. The average molecular weight is 350 g/mol. The number of carbonyl (C=O) groups excluding carboxylic acids is 1. The second kappa shape index (κ2) is 8.02. The lowest BCUT2D eigenvalue weighted by molar-refractivity contribution is -0.0707. The summed E-state index contributed by atoms with van der Waals surface area (Å²) in [4.78, 5) is 17.7. The Morgan fingerprint density at radius 2 is 1.58 bits per heavy atom. The van der Waals surface area contributed by atoms with Crippen LogP contribution in [0.5, 0.6) is 0 Å². The summed E-state index contributed by atoms with van der Waals surface area (Å²) in [6.45, 7) is 4.38. The molecule has 26 heavy (non-hydrogen) atoms. The monoisotopic (exact) mass is 350 g/mol. The topological polar surface area (TPSA) is 32.8 Å². The van der Waals surface area contributed by atoms with E-state index in [1.54, 1.807) is 0 Å². The van der Waals surface area contributed by atoms with Gasteiger partial charge in [0.15, 0.2) is 0 Å². The zero-order valence-corrected chi connectivity index (χ0v) is 15.1. The highest BCUT2D eigenvalue weighted by atomic mass is 16.5. The van der Waals surface area contributed by atoms with Crippen molar-refractivity contribution in [3.63, 3.8) is 0 Å². The second-order valence-corrected chi connectivity index (χ2v) is 7.14. The van der Waals surface area contributed by atoms with Crippen LogP contribution in [0.1, 0.15) is 34.8 Å². The molecular formula is C22H26N2O2. The molecule has 1 amide bonds. The molecule has 0 aliphatic carbocycles. The fraction of sp³-hybridized carbons (Fsp3) is 0.409. The summed E-state index contributed by atoms with van der Waals surface area (Å²) >= 11 is 0. The van der Waals surface area contributed by atoms with E-state index in [0.717, 1.165) is 30.8 Å². The number of ether oxygens (including phenoxy) is 1. The molecule has 2 aliphatic rings. The summed E-state index contributed by atoms with van der Waals surface area (Å²) in [6.07, 6.45) is 2.53. The molecule has 2 aromatic carbocycles. The average Bonchev–Trinajstić information content (AvgIpc) is 3.22. The van der Waals surface area contributed by atoms with Crippen molar-refractivity contribution in [2.45, 2.75) is 25.0 Å². The van der Waals surface area contributed by atoms with Crippen LogP contribution in [0.25, 0.3) is 0 Å². The Labute approximate surface area is 155 Å². The van der Waals surface area contributed by atoms with Crippen LogP contribution in [0.15, 0.2) is 60.7 Å². The Balaban J connectivity index is 1.63. The minimum Gasteiger partial charge on any atom is -0.373 e. The van der Waals surface area contributed by atoms with E-state index in [1.807, 2.05) is 53.4 Å². The van der Waals surface area contributed by atoms with Crippen LogP contribution in [0.2, 0.25) is 0 Å². The maximum Gasteiger partial charge on any atom is 0.254 e. The molecule has 0 spiro atoms. The van der Waals surface area contributed by atoms with Crippen molar-refractivity contribution in [3.8, 4) is 0 Å². The first-order valence-corrected chi connectivity index (χ1v) is 9.58. The number of rotatable bonds is 4. The van der Waals surface area contributed by atoms with Crippen molar-refractivity contribution in [1.82, 2.24) is 9.80 Å². The lowest BCUT2D eigenvalue weighted by Crippen LogP contribution is -2.51. The fourth-order valence-corrected chi connectivity index (χ4v) is 4.12. The van der Waals surface area contributed by atoms with Gasteiger partial charge >= 0.3 is 0 Å². The van der Waals surface area contributed by atoms with Gasteiger partial charge in [-0.3, -0.25) is 4.79 Å². The number of amides is 1. The number of hydrogen-bond acceptors (Lipinski definition) is 3. The molecule has 4 nitrogen and oxygen atoms in total. The predicted molar refractivity (Wildman–Crippen MR) is 102 cm³/mol. The van der Waals surface area contributed by atoms with Crippen molar-refractivity contribution in [2.75, 3.05) is 32.8 Å². The van der Waals surface area contributed by atoms with Gasteiger partial charge in [-0.15, -0.1) is 0 Å². The predicted octanol–water partition coefficient (Wildman–Crippen LogP) is 3.36. The Morgan fingerprint density at radius 1 is 0.923 bits per heavy atom. The van der Waals surface area contributed by atoms with Crippen molar-refractivity contribution in [2.24, 2.45) is 0 Å². The number of hydrogen-bond donors (Lipinski definition) is 0. The quantitative estimate of drug-likeness (QED) is 0.848. The first kappa shape index (κ1) is 17.3. The normalized spacial score (nSPS) is 23.9. The van der Waals surface area contributed by atoms with Gasteiger partial charge in [-0.2, -0.15) is 0 Å². The molecular weight excluding hydrogens is 324 g/mol. The van der Waals surface area contributed by atoms with Crippen molar-refractivity contribution in [3.05, 3.63) is 71.8 Å². The van der Waals surface area contributed by atoms with Gasteiger partial charge in [0, 0.05) is 18.7 Å². The summed E-state index contributed by atoms with van der Waals surface area (Å²) in [5.74, 6) is 0.0918. The molecule has 2 aliphatic heterocycles. The first-order valence-electron chi connectivity index (χ1n) is 9.58. The Kier molecular flexibility index (Phi) is 5.32. The van der Waals surface area contributed by atoms with Crippen LogP contribution >= 0.6 is 0 Å². The smallest absolute Gasteiger partial charge is 0.254 e. The van der Waals surface area contributed by atoms with Crippen LogP contribution in [-0.4, -0.2) is 54.6 Å². The molecule has 0 radical (unpaired) electrons. The van der Waals surface area contributed by atoms with Gasteiger partial charge in [-0.1, -0.05) is 48.5 Å². The molecule has 2 heterocycles. The highest BCUT2D eigenvalue weighted by molar-refractivity contribution is 5.94. The first-order chi connectivity index (χ1) is 12.8. The van der Waals surface area contributed by atoms with E-state index in [4.69, 9.17) is 4.74 Å². The highest BCUT2D eigenvalue weighted by Crippen LogP contribution is 2.32. The molecule has 0 bridgehead atoms. The Hall–Kier alpha value is -2.17. The number of nitrogens with zero attached hydrogens (tertiary/aromatic N) is 2. The summed E-state index contributed by atoms with van der Waals surface area (Å²) in [5, 5.41) is 0. The highest BCUT2D eigenvalue weighted by Gasteiger charge is 2.37. The van der Waals surface area contributed by atoms with Gasteiger partial charge < -0.3 is 14.5 Å². The van der Waals surface area contributed by atoms with Gasteiger partial charge in [-0.05, 0) is 43.6 Å². The number of benzene rings is 2. The fourth-order valence-electron chi connectivity index (χ4n) is 4.12. The van der Waals surface area contributed by atoms with E-state index in [0.29, 0.717) is 13.2 Å². The number of carbonyl (C=O) groups is 1. The summed E-state index contributed by atoms with van der Waals surface area (Å²) in [7, 11) is 0. The molecule has 4 heteroatoms. The van der Waals surface area contributed by atoms with Gasteiger partial charge in [0.1, 0.15) is 0 Å². The van der Waals surface area contributed by atoms with Crippen molar-refractivity contribution < 1.29 is 9.53 Å². The molecule has 4 rings (SSSR count). The van der Waals surface area contributed by atoms with E-state index in [-0.39, 0.29) is 18.1 Å². The van der Waals surface area contributed by atoms with E-state index in [9.17, 15) is 4.79 Å². The summed E-state index contributed by atoms with van der Waals surface area (Å²) < 4.78 is 6.19. The molecule has 0 N–H and O–H groups in total. The Bertz CT molecular complexity index is 713. The third-order valence-electron chi connectivity index (χ3n) is 5.41. The number of morpholine rings is 1. The molecule has 0 saturated carbocycles. The molecule has 2 aromatic rings. The maximum atomic E-state index is 13.2. The SMILES string of the molecule is O=C(c1ccccc1)N1CCO[C@@H](CN2CCCC2)[C@@H]1c1ccccc1. The summed E-state index contributed by atoms with van der Waals surface area (Å²) in [6, 6.07) is 19.9. The lowest BCUT2D eigenvalue weighted by atomic mass is 9.96. The van der Waals surface area contributed by atoms with E-state index >= 15 is 0 Å². The lowest BCUT2D eigenvalue weighted by Gasteiger charge is -2.42. The zero-order valence-electron chi connectivity index (χ0n) is 15.1. The molecule has 0 aromatic heterocycles. The van der Waals surface area contributed by atoms with E-state index in [2.05, 4.69) is 17.0 Å². The summed E-state index contributed by atoms with van der Waals surface area (Å²) in [5.41, 5.74) is 1.90. The largest absolute Gasteiger partial charge is 0.373 e. The number of likely N-dealkylation sites (tertiary alicyclic amines) is 1. The van der Waals surface area contributed by atoms with E-state index in [1.165, 1.54) is 12.8 Å². The van der Waals surface area contributed by atoms with Crippen molar-refractivity contribution in [1.29, 1.82) is 0 Å². The Morgan fingerprint density at radius 3 is 2.27 bits per heavy atom. The van der Waals surface area contributed by atoms with Crippen LogP contribution in [-0.2, 0) is 4.74 Å². The van der Waals surface area contributed by atoms with Crippen LogP contribution in [0.3, 0.4) is 0 Å².